The number of hydrazone groups is 1. The molecule has 2 atom stereocenters. The molecule has 31 heavy (non-hydrogen) atoms. The molecular weight excluding hydrogens is 435 g/mol. The Labute approximate surface area is 192 Å². The normalized spacial score (nSPS) is 21.2. The summed E-state index contributed by atoms with van der Waals surface area (Å²) in [5.41, 5.74) is 5.15. The summed E-state index contributed by atoms with van der Waals surface area (Å²) in [6, 6.07) is 12.9. The van der Waals surface area contributed by atoms with Gasteiger partial charge in [0.25, 0.3) is 5.91 Å². The van der Waals surface area contributed by atoms with E-state index in [1.54, 1.807) is 19.2 Å². The minimum atomic E-state index is -0.202. The summed E-state index contributed by atoms with van der Waals surface area (Å²) in [6.45, 7) is 3.47. The van der Waals surface area contributed by atoms with Gasteiger partial charge in [0.05, 0.1) is 23.9 Å². The first-order chi connectivity index (χ1) is 15.0. The number of halogens is 2. The molecule has 1 N–H and O–H groups in total. The molecule has 0 saturated heterocycles. The second-order valence-corrected chi connectivity index (χ2v) is 8.42. The summed E-state index contributed by atoms with van der Waals surface area (Å²) < 4.78 is 5.29. The van der Waals surface area contributed by atoms with Crippen molar-refractivity contribution in [2.75, 3.05) is 25.2 Å². The first-order valence-corrected chi connectivity index (χ1v) is 10.9. The van der Waals surface area contributed by atoms with Crippen LogP contribution in [0.15, 0.2) is 59.7 Å². The Kier molecular flexibility index (Phi) is 6.51. The van der Waals surface area contributed by atoms with Crippen LogP contribution in [0.5, 0.6) is 5.75 Å². The topological polar surface area (TPSA) is 57.2 Å². The van der Waals surface area contributed by atoms with Crippen molar-refractivity contribution in [1.82, 2.24) is 10.4 Å². The SMILES string of the molecule is COc1ccc([C@H]2[C@@H](C)C(C(=O)NN3CC=CCC3)=NN2c2ccc(Cl)cc2Cl)cc1. The predicted octanol–water partition coefficient (Wildman–Crippen LogP) is 4.85. The van der Waals surface area contributed by atoms with Crippen LogP contribution in [0.2, 0.25) is 10.0 Å². The number of rotatable bonds is 5. The van der Waals surface area contributed by atoms with Crippen molar-refractivity contribution >= 4 is 40.5 Å². The van der Waals surface area contributed by atoms with Gasteiger partial charge < -0.3 is 4.74 Å². The van der Waals surface area contributed by atoms with E-state index in [-0.39, 0.29) is 17.9 Å². The molecule has 0 saturated carbocycles. The molecule has 6 nitrogen and oxygen atoms in total. The fourth-order valence-electron chi connectivity index (χ4n) is 3.93. The molecule has 0 bridgehead atoms. The zero-order valence-corrected chi connectivity index (χ0v) is 18.9. The van der Waals surface area contributed by atoms with Crippen LogP contribution in [-0.2, 0) is 4.79 Å². The fraction of sp³-hybridized carbons (Fsp3) is 0.304. The van der Waals surface area contributed by atoms with Crippen molar-refractivity contribution in [3.63, 3.8) is 0 Å². The van der Waals surface area contributed by atoms with Gasteiger partial charge in [0, 0.05) is 24.0 Å². The zero-order valence-electron chi connectivity index (χ0n) is 17.4. The first-order valence-electron chi connectivity index (χ1n) is 10.2. The number of carbonyl (C=O) groups is 1. The molecule has 2 aliphatic heterocycles. The lowest BCUT2D eigenvalue weighted by Gasteiger charge is -2.28. The lowest BCUT2D eigenvalue weighted by atomic mass is 9.91. The number of nitrogens with zero attached hydrogens (tertiary/aromatic N) is 3. The van der Waals surface area contributed by atoms with E-state index in [0.29, 0.717) is 28.0 Å². The van der Waals surface area contributed by atoms with E-state index < -0.39 is 0 Å². The number of ether oxygens (including phenoxy) is 1. The third-order valence-corrected chi connectivity index (χ3v) is 6.09. The van der Waals surface area contributed by atoms with E-state index >= 15 is 0 Å². The van der Waals surface area contributed by atoms with E-state index in [9.17, 15) is 4.79 Å². The Bertz CT molecular complexity index is 1020. The van der Waals surface area contributed by atoms with Gasteiger partial charge in [-0.1, -0.05) is 54.4 Å². The summed E-state index contributed by atoms with van der Waals surface area (Å²) in [5.74, 6) is 0.400. The molecule has 0 aliphatic carbocycles. The van der Waals surface area contributed by atoms with Gasteiger partial charge in [-0.2, -0.15) is 5.10 Å². The summed E-state index contributed by atoms with van der Waals surface area (Å²) in [7, 11) is 1.63. The van der Waals surface area contributed by atoms with Gasteiger partial charge in [-0.3, -0.25) is 15.2 Å². The molecule has 2 aliphatic rings. The van der Waals surface area contributed by atoms with Crippen molar-refractivity contribution in [3.8, 4) is 5.75 Å². The summed E-state index contributed by atoms with van der Waals surface area (Å²) in [5, 5.41) is 9.47. The van der Waals surface area contributed by atoms with Crippen LogP contribution in [0.3, 0.4) is 0 Å². The quantitative estimate of drug-likeness (QED) is 0.650. The lowest BCUT2D eigenvalue weighted by molar-refractivity contribution is -0.119. The molecule has 1 amide bonds. The van der Waals surface area contributed by atoms with Gasteiger partial charge in [0.2, 0.25) is 0 Å². The third kappa shape index (κ3) is 4.56. The summed E-state index contributed by atoms with van der Waals surface area (Å²) in [6.07, 6.45) is 5.06. The summed E-state index contributed by atoms with van der Waals surface area (Å²) >= 11 is 12.6. The van der Waals surface area contributed by atoms with Gasteiger partial charge in [0.15, 0.2) is 0 Å². The monoisotopic (exact) mass is 458 g/mol. The van der Waals surface area contributed by atoms with Crippen molar-refractivity contribution in [2.24, 2.45) is 11.0 Å². The summed E-state index contributed by atoms with van der Waals surface area (Å²) in [4.78, 5) is 13.1. The maximum atomic E-state index is 13.1. The van der Waals surface area contributed by atoms with E-state index in [1.165, 1.54) is 0 Å². The number of hydrogen-bond acceptors (Lipinski definition) is 5. The molecule has 0 aromatic heterocycles. The largest absolute Gasteiger partial charge is 0.497 e. The molecule has 8 heteroatoms. The van der Waals surface area contributed by atoms with Crippen molar-refractivity contribution in [2.45, 2.75) is 19.4 Å². The Hall–Kier alpha value is -2.54. The number of hydrazine groups is 1. The highest BCUT2D eigenvalue weighted by Crippen LogP contribution is 2.42. The Morgan fingerprint density at radius 2 is 1.94 bits per heavy atom. The molecule has 2 aromatic rings. The highest BCUT2D eigenvalue weighted by molar-refractivity contribution is 6.41. The Balaban J connectivity index is 1.68. The predicted molar refractivity (Wildman–Crippen MR) is 125 cm³/mol. The Morgan fingerprint density at radius 3 is 2.58 bits per heavy atom. The maximum Gasteiger partial charge on any atom is 0.282 e. The maximum absolute atomic E-state index is 13.1. The number of benzene rings is 2. The van der Waals surface area contributed by atoms with Gasteiger partial charge in [-0.15, -0.1) is 0 Å². The average Bonchev–Trinajstić information content (AvgIpc) is 3.11. The molecule has 4 rings (SSSR count). The van der Waals surface area contributed by atoms with Gasteiger partial charge in [-0.05, 0) is 42.3 Å². The lowest BCUT2D eigenvalue weighted by Crippen LogP contribution is -2.47. The number of nitrogens with one attached hydrogen (secondary N) is 1. The van der Waals surface area contributed by atoms with Crippen LogP contribution < -0.4 is 15.2 Å². The Morgan fingerprint density at radius 1 is 1.16 bits per heavy atom. The van der Waals surface area contributed by atoms with Crippen LogP contribution in [0.4, 0.5) is 5.69 Å². The van der Waals surface area contributed by atoms with Crippen LogP contribution in [0.25, 0.3) is 0 Å². The standard InChI is InChI=1S/C23H24Cl2N4O2/c1-15-21(23(30)27-28-12-4-3-5-13-28)26-29(20-11-8-17(24)14-19(20)25)22(15)16-6-9-18(31-2)10-7-16/h3-4,6-11,14-15,22H,5,12-13H2,1-2H3,(H,27,30)/t15-,22+/m0/s1. The van der Waals surface area contributed by atoms with Crippen molar-refractivity contribution < 1.29 is 9.53 Å². The van der Waals surface area contributed by atoms with Gasteiger partial charge in [0.1, 0.15) is 11.5 Å². The highest BCUT2D eigenvalue weighted by Gasteiger charge is 2.40. The van der Waals surface area contributed by atoms with Crippen molar-refractivity contribution in [3.05, 3.63) is 70.2 Å². The van der Waals surface area contributed by atoms with Crippen LogP contribution in [0, 0.1) is 5.92 Å². The van der Waals surface area contributed by atoms with E-state index in [2.05, 4.69) is 11.5 Å². The minimum absolute atomic E-state index is 0.166. The molecule has 0 fully saturated rings. The average molecular weight is 459 g/mol. The third-order valence-electron chi connectivity index (χ3n) is 5.55. The number of anilines is 1. The van der Waals surface area contributed by atoms with E-state index in [1.807, 2.05) is 53.3 Å². The second-order valence-electron chi connectivity index (χ2n) is 7.58. The number of amides is 1. The number of carbonyl (C=O) groups excluding carboxylic acids is 1. The fourth-order valence-corrected chi connectivity index (χ4v) is 4.42. The first kappa shape index (κ1) is 21.7. The van der Waals surface area contributed by atoms with Crippen LogP contribution >= 0.6 is 23.2 Å². The zero-order chi connectivity index (χ0) is 22.0. The highest BCUT2D eigenvalue weighted by atomic mass is 35.5. The molecule has 2 heterocycles. The van der Waals surface area contributed by atoms with Crippen molar-refractivity contribution in [1.29, 1.82) is 0 Å². The molecule has 162 valence electrons. The van der Waals surface area contributed by atoms with Crippen LogP contribution in [-0.4, -0.2) is 36.8 Å². The second kappa shape index (κ2) is 9.30. The molecule has 0 unspecified atom stereocenters. The van der Waals surface area contributed by atoms with E-state index in [4.69, 9.17) is 33.0 Å². The minimum Gasteiger partial charge on any atom is -0.497 e. The molecular formula is C23H24Cl2N4O2. The smallest absolute Gasteiger partial charge is 0.282 e. The van der Waals surface area contributed by atoms with Gasteiger partial charge >= 0.3 is 0 Å². The van der Waals surface area contributed by atoms with Crippen LogP contribution in [0.1, 0.15) is 24.9 Å². The van der Waals surface area contributed by atoms with Gasteiger partial charge in [-0.25, -0.2) is 5.01 Å². The molecule has 0 spiro atoms. The van der Waals surface area contributed by atoms with E-state index in [0.717, 1.165) is 24.3 Å². The number of methoxy groups -OCH3 is 1. The molecule has 0 radical (unpaired) electrons. The molecule has 2 aromatic carbocycles. The number of hydrogen-bond donors (Lipinski definition) is 1.